The molecule has 0 unspecified atom stereocenters. The molecule has 1 aromatic carbocycles. The maximum atomic E-state index is 11.6. The highest BCUT2D eigenvalue weighted by Gasteiger charge is 2.13. The summed E-state index contributed by atoms with van der Waals surface area (Å²) in [5, 5.41) is 19.6. The summed E-state index contributed by atoms with van der Waals surface area (Å²) < 4.78 is 0. The van der Waals surface area contributed by atoms with Gasteiger partial charge >= 0.3 is 0 Å². The van der Waals surface area contributed by atoms with Crippen LogP contribution in [0.4, 0.5) is 5.82 Å². The first-order valence-electron chi connectivity index (χ1n) is 9.22. The van der Waals surface area contributed by atoms with Gasteiger partial charge in [-0.15, -0.1) is 0 Å². The number of amides is 1. The third-order valence-electron chi connectivity index (χ3n) is 4.12. The molecular weight excluding hydrogens is 394 g/mol. The van der Waals surface area contributed by atoms with Gasteiger partial charge in [-0.3, -0.25) is 15.2 Å². The lowest BCUT2D eigenvalue weighted by atomic mass is 10.0. The number of hydrogen-bond acceptors (Lipinski definition) is 7. The molecule has 0 atom stereocenters. The van der Waals surface area contributed by atoms with Crippen molar-refractivity contribution in [2.45, 2.75) is 13.5 Å². The first-order valence-corrected chi connectivity index (χ1v) is 9.22. The van der Waals surface area contributed by atoms with Gasteiger partial charge in [0.05, 0.1) is 11.8 Å². The number of carbonyl (C=O) groups excluding carboxylic acids is 1. The number of benzene rings is 1. The number of nitrogens with two attached hydrogens (primary N) is 3. The Kier molecular flexibility index (Phi) is 7.57. The van der Waals surface area contributed by atoms with Gasteiger partial charge in [-0.1, -0.05) is 30.8 Å². The summed E-state index contributed by atoms with van der Waals surface area (Å²) in [6, 6.07) is 9.23. The SMILES string of the molecule is C=C(/C=C(/C(=N)N)C(N)=NCC)c1ccc(CNc2ncc(C#N)nc2C(N)=O)cc1. The van der Waals surface area contributed by atoms with E-state index in [2.05, 4.69) is 26.9 Å². The maximum Gasteiger partial charge on any atom is 0.271 e. The lowest BCUT2D eigenvalue weighted by Gasteiger charge is -2.10. The number of amidine groups is 2. The van der Waals surface area contributed by atoms with Crippen LogP contribution in [0.2, 0.25) is 0 Å². The second-order valence-electron chi connectivity index (χ2n) is 6.34. The van der Waals surface area contributed by atoms with Crippen molar-refractivity contribution in [2.75, 3.05) is 11.9 Å². The number of rotatable bonds is 9. The number of nitrogens with one attached hydrogen (secondary N) is 2. The molecule has 0 aliphatic heterocycles. The Bertz CT molecular complexity index is 1110. The second kappa shape index (κ2) is 10.3. The van der Waals surface area contributed by atoms with Crippen LogP contribution in [0.3, 0.4) is 0 Å². The van der Waals surface area contributed by atoms with Gasteiger partial charge in [0.1, 0.15) is 17.7 Å². The van der Waals surface area contributed by atoms with Crippen LogP contribution in [0.1, 0.15) is 34.2 Å². The number of nitrogens with zero attached hydrogens (tertiary/aromatic N) is 4. The van der Waals surface area contributed by atoms with E-state index in [1.54, 1.807) is 6.08 Å². The lowest BCUT2D eigenvalue weighted by molar-refractivity contribution is 0.0996. The van der Waals surface area contributed by atoms with Gasteiger partial charge in [0.25, 0.3) is 5.91 Å². The van der Waals surface area contributed by atoms with Crippen molar-refractivity contribution in [1.29, 1.82) is 10.7 Å². The van der Waals surface area contributed by atoms with Crippen molar-refractivity contribution < 1.29 is 4.79 Å². The van der Waals surface area contributed by atoms with Crippen molar-refractivity contribution in [3.8, 4) is 6.07 Å². The number of hydrogen-bond donors (Lipinski definition) is 5. The lowest BCUT2D eigenvalue weighted by Crippen LogP contribution is -2.26. The van der Waals surface area contributed by atoms with Crippen LogP contribution >= 0.6 is 0 Å². The van der Waals surface area contributed by atoms with E-state index in [0.29, 0.717) is 24.2 Å². The predicted octanol–water partition coefficient (Wildman–Crippen LogP) is 1.31. The summed E-state index contributed by atoms with van der Waals surface area (Å²) in [4.78, 5) is 23.6. The molecule has 158 valence electrons. The van der Waals surface area contributed by atoms with Crippen molar-refractivity contribution in [3.05, 3.63) is 71.2 Å². The van der Waals surface area contributed by atoms with Gasteiger partial charge < -0.3 is 22.5 Å². The fourth-order valence-corrected chi connectivity index (χ4v) is 2.57. The predicted molar refractivity (Wildman–Crippen MR) is 120 cm³/mol. The molecule has 31 heavy (non-hydrogen) atoms. The van der Waals surface area contributed by atoms with Gasteiger partial charge in [0.15, 0.2) is 17.2 Å². The Morgan fingerprint density at radius 2 is 2.00 bits per heavy atom. The number of anilines is 1. The minimum Gasteiger partial charge on any atom is -0.384 e. The number of carbonyl (C=O) groups is 1. The monoisotopic (exact) mass is 417 g/mol. The van der Waals surface area contributed by atoms with E-state index < -0.39 is 5.91 Å². The molecule has 0 fully saturated rings. The Labute approximate surface area is 179 Å². The Morgan fingerprint density at radius 3 is 2.55 bits per heavy atom. The van der Waals surface area contributed by atoms with Crippen LogP contribution in [0, 0.1) is 16.7 Å². The van der Waals surface area contributed by atoms with E-state index in [9.17, 15) is 4.79 Å². The van der Waals surface area contributed by atoms with Crippen molar-refractivity contribution in [1.82, 2.24) is 9.97 Å². The van der Waals surface area contributed by atoms with E-state index in [1.165, 1.54) is 6.20 Å². The molecular formula is C21H23N9O. The normalized spacial score (nSPS) is 11.5. The smallest absolute Gasteiger partial charge is 0.271 e. The number of nitriles is 1. The third-order valence-corrected chi connectivity index (χ3v) is 4.12. The van der Waals surface area contributed by atoms with E-state index in [-0.39, 0.29) is 28.9 Å². The summed E-state index contributed by atoms with van der Waals surface area (Å²) >= 11 is 0. The summed E-state index contributed by atoms with van der Waals surface area (Å²) in [5.41, 5.74) is 19.3. The molecule has 1 aromatic heterocycles. The Hall–Kier alpha value is -4.52. The molecule has 10 nitrogen and oxygen atoms in total. The van der Waals surface area contributed by atoms with Crippen LogP contribution in [0.15, 0.2) is 53.7 Å². The molecule has 1 heterocycles. The van der Waals surface area contributed by atoms with E-state index in [4.69, 9.17) is 27.9 Å². The Morgan fingerprint density at radius 1 is 1.32 bits per heavy atom. The minimum absolute atomic E-state index is 0.00446. The highest BCUT2D eigenvalue weighted by atomic mass is 16.1. The first kappa shape index (κ1) is 22.8. The van der Waals surface area contributed by atoms with Crippen molar-refractivity contribution in [2.24, 2.45) is 22.2 Å². The summed E-state index contributed by atoms with van der Waals surface area (Å²) in [5.74, 6) is -0.589. The second-order valence-corrected chi connectivity index (χ2v) is 6.34. The first-order chi connectivity index (χ1) is 14.8. The van der Waals surface area contributed by atoms with E-state index in [0.717, 1.165) is 11.1 Å². The van der Waals surface area contributed by atoms with Crippen LogP contribution in [0.25, 0.3) is 5.57 Å². The van der Waals surface area contributed by atoms with E-state index in [1.807, 2.05) is 37.3 Å². The van der Waals surface area contributed by atoms with Gasteiger partial charge in [0.2, 0.25) is 0 Å². The molecule has 0 bridgehead atoms. The van der Waals surface area contributed by atoms with E-state index >= 15 is 0 Å². The fraction of sp³-hybridized carbons (Fsp3) is 0.143. The topological polar surface area (TPSA) is 193 Å². The van der Waals surface area contributed by atoms with Crippen molar-refractivity contribution >= 4 is 29.0 Å². The van der Waals surface area contributed by atoms with Gasteiger partial charge in [-0.05, 0) is 29.7 Å². The molecule has 0 saturated carbocycles. The third kappa shape index (κ3) is 5.98. The van der Waals surface area contributed by atoms with Gasteiger partial charge in [0, 0.05) is 13.1 Å². The van der Waals surface area contributed by atoms with Crippen LogP contribution < -0.4 is 22.5 Å². The number of aromatic nitrogens is 2. The molecule has 0 saturated heterocycles. The zero-order valence-electron chi connectivity index (χ0n) is 17.0. The number of aliphatic imine (C=N–C) groups is 1. The molecule has 0 aliphatic rings. The quantitative estimate of drug-likeness (QED) is 0.230. The molecule has 0 radical (unpaired) electrons. The number of allylic oxidation sites excluding steroid dienone is 2. The number of primary amides is 1. The Balaban J connectivity index is 2.16. The van der Waals surface area contributed by atoms with Crippen molar-refractivity contribution in [3.63, 3.8) is 0 Å². The van der Waals surface area contributed by atoms with Crippen LogP contribution in [0.5, 0.6) is 0 Å². The minimum atomic E-state index is -0.780. The maximum absolute atomic E-state index is 11.6. The molecule has 10 heteroatoms. The van der Waals surface area contributed by atoms with Crippen LogP contribution in [-0.2, 0) is 6.54 Å². The fourth-order valence-electron chi connectivity index (χ4n) is 2.57. The van der Waals surface area contributed by atoms with Gasteiger partial charge in [-0.2, -0.15) is 5.26 Å². The highest BCUT2D eigenvalue weighted by molar-refractivity contribution is 6.21. The molecule has 0 spiro atoms. The highest BCUT2D eigenvalue weighted by Crippen LogP contribution is 2.18. The zero-order valence-corrected chi connectivity index (χ0v) is 17.0. The zero-order chi connectivity index (χ0) is 23.0. The molecule has 8 N–H and O–H groups in total. The summed E-state index contributed by atoms with van der Waals surface area (Å²) in [7, 11) is 0. The molecule has 2 rings (SSSR count). The molecule has 0 aliphatic carbocycles. The standard InChI is InChI=1S/C21H23N9O/c1-3-27-19(25)16(18(23)24)8-12(2)14-6-4-13(5-7-14)10-28-21-17(20(26)31)30-15(9-22)11-29-21/h4-8,11H,2-3,10H2,1H3,(H3,23,24)(H2,25,27)(H2,26,31)(H,28,29)/b16-8-. The summed E-state index contributed by atoms with van der Waals surface area (Å²) in [6.45, 7) is 6.67. The van der Waals surface area contributed by atoms with Crippen LogP contribution in [-0.4, -0.2) is 34.1 Å². The van der Waals surface area contributed by atoms with Gasteiger partial charge in [-0.25, -0.2) is 9.97 Å². The average Bonchev–Trinajstić information content (AvgIpc) is 2.75. The largest absolute Gasteiger partial charge is 0.384 e. The molecule has 2 aromatic rings. The molecule has 1 amide bonds. The average molecular weight is 417 g/mol. The summed E-state index contributed by atoms with van der Waals surface area (Å²) in [6.07, 6.45) is 2.88.